The third-order valence-electron chi connectivity index (χ3n) is 3.28. The molecule has 0 amide bonds. The third-order valence-corrected chi connectivity index (χ3v) is 3.28. The first kappa shape index (κ1) is 11.8. The van der Waals surface area contributed by atoms with E-state index in [2.05, 4.69) is 12.1 Å². The highest BCUT2D eigenvalue weighted by atomic mass is 16.5. The Morgan fingerprint density at radius 2 is 1.74 bits per heavy atom. The number of hydrogen-bond acceptors (Lipinski definition) is 3. The smallest absolute Gasteiger partial charge is 0.119 e. The van der Waals surface area contributed by atoms with E-state index in [1.807, 2.05) is 47.5 Å². The lowest BCUT2D eigenvalue weighted by molar-refractivity contribution is 0.415. The zero-order valence-electron chi connectivity index (χ0n) is 10.9. The average Bonchev–Trinajstić information content (AvgIpc) is 2.98. The van der Waals surface area contributed by atoms with Crippen LogP contribution in [0.1, 0.15) is 12.0 Å². The lowest BCUT2D eigenvalue weighted by Gasteiger charge is -2.13. The summed E-state index contributed by atoms with van der Waals surface area (Å²) >= 11 is 0. The van der Waals surface area contributed by atoms with E-state index < -0.39 is 0 Å². The molecule has 0 N–H and O–H groups in total. The van der Waals surface area contributed by atoms with Crippen LogP contribution in [0.3, 0.4) is 0 Å². The molecular formula is C16H16N2O. The van der Waals surface area contributed by atoms with Gasteiger partial charge in [0.2, 0.25) is 0 Å². The summed E-state index contributed by atoms with van der Waals surface area (Å²) in [7, 11) is 1.68. The second kappa shape index (κ2) is 5.14. The summed E-state index contributed by atoms with van der Waals surface area (Å²) in [5, 5.41) is 6.74. The van der Waals surface area contributed by atoms with Crippen LogP contribution >= 0.6 is 0 Å². The van der Waals surface area contributed by atoms with Gasteiger partial charge in [0.05, 0.1) is 18.5 Å². The maximum Gasteiger partial charge on any atom is 0.119 e. The molecule has 3 rings (SSSR count). The molecule has 0 unspecified atom stereocenters. The molecule has 0 aliphatic carbocycles. The van der Waals surface area contributed by atoms with Crippen molar-refractivity contribution in [2.75, 3.05) is 18.7 Å². The molecule has 3 nitrogen and oxygen atoms in total. The Hall–Kier alpha value is -2.29. The first-order chi connectivity index (χ1) is 9.36. The van der Waals surface area contributed by atoms with Crippen LogP contribution in [0, 0.1) is 0 Å². The molecule has 1 heterocycles. The van der Waals surface area contributed by atoms with E-state index in [0.717, 1.165) is 30.1 Å². The molecule has 0 bridgehead atoms. The lowest BCUT2D eigenvalue weighted by atomic mass is 10.1. The van der Waals surface area contributed by atoms with Gasteiger partial charge >= 0.3 is 0 Å². The van der Waals surface area contributed by atoms with E-state index in [4.69, 9.17) is 9.84 Å². The summed E-state index contributed by atoms with van der Waals surface area (Å²) < 4.78 is 5.17. The van der Waals surface area contributed by atoms with Gasteiger partial charge in [0.1, 0.15) is 5.75 Å². The number of anilines is 1. The van der Waals surface area contributed by atoms with Gasteiger partial charge in [0.15, 0.2) is 0 Å². The van der Waals surface area contributed by atoms with Crippen LogP contribution in [-0.2, 0) is 0 Å². The SMILES string of the molecule is COc1ccc(N2CCC(c3ccccc3)=N2)cc1. The number of methoxy groups -OCH3 is 1. The predicted octanol–water partition coefficient (Wildman–Crippen LogP) is 3.31. The summed E-state index contributed by atoms with van der Waals surface area (Å²) in [6.07, 6.45) is 0.982. The average molecular weight is 252 g/mol. The zero-order chi connectivity index (χ0) is 13.1. The van der Waals surface area contributed by atoms with E-state index in [0.29, 0.717) is 0 Å². The van der Waals surface area contributed by atoms with Crippen LogP contribution in [0.25, 0.3) is 0 Å². The fourth-order valence-corrected chi connectivity index (χ4v) is 2.23. The number of hydrazone groups is 1. The summed E-state index contributed by atoms with van der Waals surface area (Å²) in [6.45, 7) is 0.927. The molecule has 0 aromatic heterocycles. The normalized spacial score (nSPS) is 14.4. The molecule has 2 aromatic carbocycles. The number of benzene rings is 2. The van der Waals surface area contributed by atoms with Crippen molar-refractivity contribution in [3.05, 3.63) is 60.2 Å². The second-order valence-corrected chi connectivity index (χ2v) is 4.48. The molecule has 0 saturated heterocycles. The van der Waals surface area contributed by atoms with Crippen molar-refractivity contribution >= 4 is 11.4 Å². The Morgan fingerprint density at radius 1 is 1.00 bits per heavy atom. The van der Waals surface area contributed by atoms with Gasteiger partial charge in [-0.05, 0) is 29.8 Å². The maximum atomic E-state index is 5.17. The second-order valence-electron chi connectivity index (χ2n) is 4.48. The molecule has 0 spiro atoms. The van der Waals surface area contributed by atoms with Crippen molar-refractivity contribution in [1.82, 2.24) is 0 Å². The Labute approximate surface area is 113 Å². The Balaban J connectivity index is 1.82. The highest BCUT2D eigenvalue weighted by molar-refractivity contribution is 6.02. The minimum atomic E-state index is 0.871. The highest BCUT2D eigenvalue weighted by Gasteiger charge is 2.16. The standard InChI is InChI=1S/C16H16N2O/c1-19-15-9-7-14(8-10-15)18-12-11-16(17-18)13-5-3-2-4-6-13/h2-10H,11-12H2,1H3. The minimum absolute atomic E-state index is 0.871. The number of ether oxygens (including phenoxy) is 1. The topological polar surface area (TPSA) is 24.8 Å². The molecule has 1 aliphatic heterocycles. The number of nitrogens with zero attached hydrogens (tertiary/aromatic N) is 2. The summed E-state index contributed by atoms with van der Waals surface area (Å²) in [5.74, 6) is 0.871. The summed E-state index contributed by atoms with van der Waals surface area (Å²) in [5.41, 5.74) is 3.46. The Kier molecular flexibility index (Phi) is 3.19. The van der Waals surface area contributed by atoms with Gasteiger partial charge in [0, 0.05) is 13.0 Å². The molecule has 0 atom stereocenters. The molecule has 0 saturated carbocycles. The van der Waals surface area contributed by atoms with Crippen molar-refractivity contribution < 1.29 is 4.74 Å². The summed E-state index contributed by atoms with van der Waals surface area (Å²) in [6, 6.07) is 18.3. The number of hydrogen-bond donors (Lipinski definition) is 0. The molecular weight excluding hydrogens is 236 g/mol. The maximum absolute atomic E-state index is 5.17. The van der Waals surface area contributed by atoms with Crippen LogP contribution in [0.15, 0.2) is 59.7 Å². The fraction of sp³-hybridized carbons (Fsp3) is 0.188. The molecule has 3 heteroatoms. The van der Waals surface area contributed by atoms with Gasteiger partial charge in [-0.2, -0.15) is 5.10 Å². The quantitative estimate of drug-likeness (QED) is 0.837. The highest BCUT2D eigenvalue weighted by Crippen LogP contribution is 2.23. The van der Waals surface area contributed by atoms with E-state index in [1.165, 1.54) is 5.56 Å². The number of rotatable bonds is 3. The molecule has 96 valence electrons. The third kappa shape index (κ3) is 2.45. The van der Waals surface area contributed by atoms with Gasteiger partial charge in [-0.25, -0.2) is 0 Å². The first-order valence-electron chi connectivity index (χ1n) is 6.41. The Bertz CT molecular complexity index is 575. The monoisotopic (exact) mass is 252 g/mol. The van der Waals surface area contributed by atoms with Gasteiger partial charge < -0.3 is 4.74 Å². The van der Waals surface area contributed by atoms with Gasteiger partial charge in [0.25, 0.3) is 0 Å². The largest absolute Gasteiger partial charge is 0.497 e. The van der Waals surface area contributed by atoms with Crippen molar-refractivity contribution in [3.8, 4) is 5.75 Å². The zero-order valence-corrected chi connectivity index (χ0v) is 10.9. The van der Waals surface area contributed by atoms with E-state index in [1.54, 1.807) is 7.11 Å². The van der Waals surface area contributed by atoms with Crippen LogP contribution < -0.4 is 9.75 Å². The van der Waals surface area contributed by atoms with Gasteiger partial charge in [-0.3, -0.25) is 5.01 Å². The molecule has 19 heavy (non-hydrogen) atoms. The molecule has 1 aliphatic rings. The van der Waals surface area contributed by atoms with Crippen LogP contribution in [-0.4, -0.2) is 19.4 Å². The van der Waals surface area contributed by atoms with Crippen molar-refractivity contribution in [2.24, 2.45) is 5.10 Å². The minimum Gasteiger partial charge on any atom is -0.497 e. The van der Waals surface area contributed by atoms with Crippen LogP contribution in [0.4, 0.5) is 5.69 Å². The van der Waals surface area contributed by atoms with E-state index in [9.17, 15) is 0 Å². The van der Waals surface area contributed by atoms with E-state index in [-0.39, 0.29) is 0 Å². The molecule has 0 fully saturated rings. The van der Waals surface area contributed by atoms with Crippen molar-refractivity contribution in [2.45, 2.75) is 6.42 Å². The predicted molar refractivity (Wildman–Crippen MR) is 77.9 cm³/mol. The van der Waals surface area contributed by atoms with E-state index >= 15 is 0 Å². The van der Waals surface area contributed by atoms with Gasteiger partial charge in [-0.1, -0.05) is 30.3 Å². The summed E-state index contributed by atoms with van der Waals surface area (Å²) in [4.78, 5) is 0. The van der Waals surface area contributed by atoms with Crippen molar-refractivity contribution in [3.63, 3.8) is 0 Å². The molecule has 0 radical (unpaired) electrons. The first-order valence-corrected chi connectivity index (χ1v) is 6.41. The van der Waals surface area contributed by atoms with Crippen molar-refractivity contribution in [1.29, 1.82) is 0 Å². The fourth-order valence-electron chi connectivity index (χ4n) is 2.23. The lowest BCUT2D eigenvalue weighted by Crippen LogP contribution is -2.11. The van der Waals surface area contributed by atoms with Crippen LogP contribution in [0.2, 0.25) is 0 Å². The van der Waals surface area contributed by atoms with Gasteiger partial charge in [-0.15, -0.1) is 0 Å². The molecule has 2 aromatic rings. The Morgan fingerprint density at radius 3 is 2.42 bits per heavy atom. The van der Waals surface area contributed by atoms with Crippen LogP contribution in [0.5, 0.6) is 5.75 Å².